The molecule has 7 heteroatoms. The topological polar surface area (TPSA) is 79.4 Å². The molecule has 0 radical (unpaired) electrons. The van der Waals surface area contributed by atoms with E-state index in [1.807, 2.05) is 26.2 Å². The molecular formula is C20H23N3O3S. The highest BCUT2D eigenvalue weighted by Crippen LogP contribution is 2.27. The summed E-state index contributed by atoms with van der Waals surface area (Å²) in [5.74, 6) is -0.936. The maximum atomic E-state index is 12.8. The molecule has 1 unspecified atom stereocenters. The Morgan fingerprint density at radius 1 is 1.19 bits per heavy atom. The van der Waals surface area contributed by atoms with Crippen LogP contribution < -0.4 is 5.32 Å². The molecule has 27 heavy (non-hydrogen) atoms. The number of nitrogens with zero attached hydrogens (tertiary/aromatic N) is 2. The van der Waals surface area contributed by atoms with Crippen LogP contribution in [0.2, 0.25) is 0 Å². The SMILES string of the molecule is Cc1nc(CCNC(=O)C(CC(C)C)N2C(=O)c3ccccc3C2=O)cs1. The van der Waals surface area contributed by atoms with Gasteiger partial charge in [0.05, 0.1) is 21.8 Å². The molecule has 3 amide bonds. The summed E-state index contributed by atoms with van der Waals surface area (Å²) < 4.78 is 0. The van der Waals surface area contributed by atoms with Crippen LogP contribution in [0, 0.1) is 12.8 Å². The maximum absolute atomic E-state index is 12.8. The number of imide groups is 1. The Morgan fingerprint density at radius 2 is 1.81 bits per heavy atom. The van der Waals surface area contributed by atoms with Gasteiger partial charge in [-0.3, -0.25) is 19.3 Å². The van der Waals surface area contributed by atoms with Crippen LogP contribution in [0.15, 0.2) is 29.6 Å². The average molecular weight is 385 g/mol. The van der Waals surface area contributed by atoms with Crippen LogP contribution in [0.25, 0.3) is 0 Å². The van der Waals surface area contributed by atoms with Gasteiger partial charge in [-0.15, -0.1) is 11.3 Å². The molecule has 1 aromatic heterocycles. The highest BCUT2D eigenvalue weighted by molar-refractivity contribution is 7.09. The smallest absolute Gasteiger partial charge is 0.262 e. The maximum Gasteiger partial charge on any atom is 0.262 e. The van der Waals surface area contributed by atoms with Crippen LogP contribution in [0.3, 0.4) is 0 Å². The number of benzene rings is 1. The van der Waals surface area contributed by atoms with Crippen molar-refractivity contribution in [1.82, 2.24) is 15.2 Å². The summed E-state index contributed by atoms with van der Waals surface area (Å²) >= 11 is 1.57. The fourth-order valence-electron chi connectivity index (χ4n) is 3.22. The summed E-state index contributed by atoms with van der Waals surface area (Å²) in [5.41, 5.74) is 1.66. The number of nitrogens with one attached hydrogen (secondary N) is 1. The highest BCUT2D eigenvalue weighted by atomic mass is 32.1. The molecule has 0 fully saturated rings. The monoisotopic (exact) mass is 385 g/mol. The second-order valence-corrected chi connectivity index (χ2v) is 8.13. The molecule has 0 aliphatic carbocycles. The van der Waals surface area contributed by atoms with Crippen molar-refractivity contribution < 1.29 is 14.4 Å². The van der Waals surface area contributed by atoms with Gasteiger partial charge in [-0.2, -0.15) is 0 Å². The van der Waals surface area contributed by atoms with E-state index in [0.717, 1.165) is 15.6 Å². The van der Waals surface area contributed by atoms with Crippen molar-refractivity contribution >= 4 is 29.1 Å². The Hall–Kier alpha value is -2.54. The van der Waals surface area contributed by atoms with Gasteiger partial charge in [0.15, 0.2) is 0 Å². The Bertz CT molecular complexity index is 840. The van der Waals surface area contributed by atoms with Crippen LogP contribution in [0.1, 0.15) is 51.7 Å². The van der Waals surface area contributed by atoms with Gasteiger partial charge in [0.25, 0.3) is 11.8 Å². The number of hydrogen-bond acceptors (Lipinski definition) is 5. The number of thiazole rings is 1. The normalized spacial score (nSPS) is 14.6. The molecule has 6 nitrogen and oxygen atoms in total. The highest BCUT2D eigenvalue weighted by Gasteiger charge is 2.42. The lowest BCUT2D eigenvalue weighted by Crippen LogP contribution is -2.50. The van der Waals surface area contributed by atoms with Gasteiger partial charge in [-0.1, -0.05) is 26.0 Å². The minimum atomic E-state index is -0.811. The summed E-state index contributed by atoms with van der Waals surface area (Å²) in [6.07, 6.45) is 1.04. The van der Waals surface area contributed by atoms with Crippen molar-refractivity contribution in [1.29, 1.82) is 0 Å². The number of aryl methyl sites for hydroxylation is 1. The number of fused-ring (bicyclic) bond motifs is 1. The van der Waals surface area contributed by atoms with Crippen molar-refractivity contribution in [2.45, 2.75) is 39.7 Å². The van der Waals surface area contributed by atoms with Crippen molar-refractivity contribution in [3.05, 3.63) is 51.5 Å². The second-order valence-electron chi connectivity index (χ2n) is 7.07. The van der Waals surface area contributed by atoms with E-state index in [0.29, 0.717) is 30.5 Å². The minimum Gasteiger partial charge on any atom is -0.354 e. The molecule has 2 aromatic rings. The quantitative estimate of drug-likeness (QED) is 0.744. The lowest BCUT2D eigenvalue weighted by Gasteiger charge is -2.26. The predicted octanol–water partition coefficient (Wildman–Crippen LogP) is 2.82. The average Bonchev–Trinajstić information content (AvgIpc) is 3.15. The number of hydrogen-bond donors (Lipinski definition) is 1. The molecule has 1 aliphatic heterocycles. The van der Waals surface area contributed by atoms with Crippen molar-refractivity contribution in [3.8, 4) is 0 Å². The van der Waals surface area contributed by atoms with E-state index < -0.39 is 17.9 Å². The van der Waals surface area contributed by atoms with Crippen LogP contribution in [-0.2, 0) is 11.2 Å². The zero-order valence-electron chi connectivity index (χ0n) is 15.7. The fourth-order valence-corrected chi connectivity index (χ4v) is 3.87. The van der Waals surface area contributed by atoms with E-state index in [1.165, 1.54) is 0 Å². The van der Waals surface area contributed by atoms with E-state index >= 15 is 0 Å². The van der Waals surface area contributed by atoms with Gasteiger partial charge in [-0.05, 0) is 31.4 Å². The third-order valence-electron chi connectivity index (χ3n) is 4.48. The third-order valence-corrected chi connectivity index (χ3v) is 5.30. The van der Waals surface area contributed by atoms with Gasteiger partial charge >= 0.3 is 0 Å². The Balaban J connectivity index is 1.73. The number of amides is 3. The lowest BCUT2D eigenvalue weighted by molar-refractivity contribution is -0.125. The van der Waals surface area contributed by atoms with Crippen molar-refractivity contribution in [3.63, 3.8) is 0 Å². The molecule has 0 spiro atoms. The first-order valence-corrected chi connectivity index (χ1v) is 9.92. The summed E-state index contributed by atoms with van der Waals surface area (Å²) in [5, 5.41) is 5.83. The first-order chi connectivity index (χ1) is 12.9. The first-order valence-electron chi connectivity index (χ1n) is 9.04. The molecular weight excluding hydrogens is 362 g/mol. The Labute approximate surface area is 162 Å². The summed E-state index contributed by atoms with van der Waals surface area (Å²) in [6.45, 7) is 6.29. The number of carbonyl (C=O) groups excluding carboxylic acids is 3. The summed E-state index contributed by atoms with van der Waals surface area (Å²) in [4.78, 5) is 43.8. The van der Waals surface area contributed by atoms with E-state index in [2.05, 4.69) is 10.3 Å². The zero-order valence-corrected chi connectivity index (χ0v) is 16.5. The van der Waals surface area contributed by atoms with E-state index in [9.17, 15) is 14.4 Å². The van der Waals surface area contributed by atoms with Gasteiger partial charge in [0.2, 0.25) is 5.91 Å². The molecule has 1 aliphatic rings. The van der Waals surface area contributed by atoms with Crippen molar-refractivity contribution in [2.24, 2.45) is 5.92 Å². The van der Waals surface area contributed by atoms with E-state index in [-0.39, 0.29) is 11.8 Å². The molecule has 0 saturated heterocycles. The van der Waals surface area contributed by atoms with Gasteiger partial charge < -0.3 is 5.32 Å². The van der Waals surface area contributed by atoms with Gasteiger partial charge in [-0.25, -0.2) is 4.98 Å². The van der Waals surface area contributed by atoms with Gasteiger partial charge in [0.1, 0.15) is 6.04 Å². The second kappa shape index (κ2) is 8.00. The lowest BCUT2D eigenvalue weighted by atomic mass is 10.0. The standard InChI is InChI=1S/C20H23N3O3S/c1-12(2)10-17(18(24)21-9-8-14-11-27-13(3)22-14)23-19(25)15-6-4-5-7-16(15)20(23)26/h4-7,11-12,17H,8-10H2,1-3H3,(H,21,24). The molecule has 0 saturated carbocycles. The molecule has 1 N–H and O–H groups in total. The molecule has 142 valence electrons. The summed E-state index contributed by atoms with van der Waals surface area (Å²) in [6, 6.07) is 5.89. The zero-order chi connectivity index (χ0) is 19.6. The Morgan fingerprint density at radius 3 is 2.33 bits per heavy atom. The van der Waals surface area contributed by atoms with Crippen molar-refractivity contribution in [2.75, 3.05) is 6.54 Å². The molecule has 1 aromatic carbocycles. The molecule has 3 rings (SSSR count). The minimum absolute atomic E-state index is 0.159. The Kier molecular flexibility index (Phi) is 5.70. The van der Waals surface area contributed by atoms with Gasteiger partial charge in [0, 0.05) is 18.3 Å². The van der Waals surface area contributed by atoms with Crippen LogP contribution >= 0.6 is 11.3 Å². The summed E-state index contributed by atoms with van der Waals surface area (Å²) in [7, 11) is 0. The number of aromatic nitrogens is 1. The van der Waals surface area contributed by atoms with Crippen LogP contribution in [0.4, 0.5) is 0 Å². The predicted molar refractivity (Wildman–Crippen MR) is 104 cm³/mol. The van der Waals surface area contributed by atoms with Crippen LogP contribution in [-0.4, -0.2) is 40.2 Å². The molecule has 1 atom stereocenters. The fraction of sp³-hybridized carbons (Fsp3) is 0.400. The molecule has 2 heterocycles. The van der Waals surface area contributed by atoms with E-state index in [4.69, 9.17) is 0 Å². The van der Waals surface area contributed by atoms with Crippen LogP contribution in [0.5, 0.6) is 0 Å². The third kappa shape index (κ3) is 4.08. The molecule has 0 bridgehead atoms. The number of rotatable bonds is 7. The number of carbonyl (C=O) groups is 3. The largest absolute Gasteiger partial charge is 0.354 e. The first kappa shape index (κ1) is 19.2. The van der Waals surface area contributed by atoms with E-state index in [1.54, 1.807) is 35.6 Å².